The van der Waals surface area contributed by atoms with E-state index in [1.54, 1.807) is 18.3 Å². The molecule has 2 aromatic rings. The second kappa shape index (κ2) is 6.47. The van der Waals surface area contributed by atoms with Crippen molar-refractivity contribution < 1.29 is 4.79 Å². The molecule has 2 aromatic heterocycles. The lowest BCUT2D eigenvalue weighted by Crippen LogP contribution is -2.09. The largest absolute Gasteiger partial charge is 0.301 e. The molecule has 0 aromatic carbocycles. The van der Waals surface area contributed by atoms with Gasteiger partial charge in [0.25, 0.3) is 5.56 Å². The Morgan fingerprint density at radius 1 is 1.40 bits per heavy atom. The van der Waals surface area contributed by atoms with Crippen LogP contribution in [0.2, 0.25) is 0 Å². The van der Waals surface area contributed by atoms with E-state index in [9.17, 15) is 9.59 Å². The predicted octanol–water partition coefficient (Wildman–Crippen LogP) is 2.47. The highest BCUT2D eigenvalue weighted by Crippen LogP contribution is 2.23. The van der Waals surface area contributed by atoms with Gasteiger partial charge in [0.15, 0.2) is 10.9 Å². The molecule has 0 spiro atoms. The maximum atomic E-state index is 11.6. The summed E-state index contributed by atoms with van der Waals surface area (Å²) in [5, 5.41) is 0.540. The number of hydrogen-bond acceptors (Lipinski definition) is 5. The van der Waals surface area contributed by atoms with Gasteiger partial charge >= 0.3 is 0 Å². The fourth-order valence-electron chi connectivity index (χ4n) is 1.68. The summed E-state index contributed by atoms with van der Waals surface area (Å²) in [5.41, 5.74) is 1.06. The van der Waals surface area contributed by atoms with Gasteiger partial charge in [-0.25, -0.2) is 4.98 Å². The van der Waals surface area contributed by atoms with Crippen LogP contribution in [0.4, 0.5) is 0 Å². The molecule has 0 aliphatic rings. The third-order valence-electron chi connectivity index (χ3n) is 2.59. The normalized spacial score (nSPS) is 10.5. The highest BCUT2D eigenvalue weighted by Gasteiger charge is 2.05. The summed E-state index contributed by atoms with van der Waals surface area (Å²) in [5.74, 6) is -0.0713. The van der Waals surface area contributed by atoms with E-state index < -0.39 is 0 Å². The number of carbonyl (C=O) groups excluding carboxylic acids is 1. The number of carbonyl (C=O) groups is 1. The lowest BCUT2D eigenvalue weighted by molar-refractivity contribution is 0.101. The molecule has 20 heavy (non-hydrogen) atoms. The molecule has 0 amide bonds. The van der Waals surface area contributed by atoms with Gasteiger partial charge in [-0.15, -0.1) is 0 Å². The lowest BCUT2D eigenvalue weighted by Gasteiger charge is -2.03. The number of aromatic nitrogens is 3. The minimum atomic E-state index is -0.153. The fourth-order valence-corrected chi connectivity index (χ4v) is 2.46. The molecule has 0 radical (unpaired) electrons. The van der Waals surface area contributed by atoms with Gasteiger partial charge in [-0.3, -0.25) is 14.6 Å². The Balaban J connectivity index is 2.20. The van der Waals surface area contributed by atoms with Gasteiger partial charge in [0, 0.05) is 29.8 Å². The van der Waals surface area contributed by atoms with E-state index >= 15 is 0 Å². The van der Waals surface area contributed by atoms with Crippen molar-refractivity contribution in [1.82, 2.24) is 15.0 Å². The monoisotopic (exact) mass is 289 g/mol. The van der Waals surface area contributed by atoms with E-state index in [1.807, 2.05) is 6.92 Å². The van der Waals surface area contributed by atoms with Crippen LogP contribution in [0.25, 0.3) is 0 Å². The predicted molar refractivity (Wildman–Crippen MR) is 77.2 cm³/mol. The number of ketones is 1. The van der Waals surface area contributed by atoms with Crippen LogP contribution < -0.4 is 5.56 Å². The number of aromatic amines is 1. The molecular weight excluding hydrogens is 274 g/mol. The third kappa shape index (κ3) is 3.77. The van der Waals surface area contributed by atoms with E-state index in [4.69, 9.17) is 0 Å². The van der Waals surface area contributed by atoms with Crippen LogP contribution >= 0.6 is 11.8 Å². The zero-order valence-corrected chi connectivity index (χ0v) is 12.2. The molecule has 2 heterocycles. The summed E-state index contributed by atoms with van der Waals surface area (Å²) < 4.78 is 0. The molecule has 5 nitrogen and oxygen atoms in total. The van der Waals surface area contributed by atoms with Crippen LogP contribution in [0.1, 0.15) is 36.5 Å². The molecule has 0 fully saturated rings. The van der Waals surface area contributed by atoms with Crippen molar-refractivity contribution >= 4 is 17.5 Å². The number of nitrogens with zero attached hydrogens (tertiary/aromatic N) is 2. The third-order valence-corrected chi connectivity index (χ3v) is 3.45. The van der Waals surface area contributed by atoms with Crippen molar-refractivity contribution in [1.29, 1.82) is 0 Å². The SMILES string of the molecule is CCCc1cc(=O)[nH]c(Sc2ccc(C(C)=O)nc2)n1. The van der Waals surface area contributed by atoms with Gasteiger partial charge in [-0.2, -0.15) is 0 Å². The first-order valence-electron chi connectivity index (χ1n) is 6.33. The maximum absolute atomic E-state index is 11.6. The highest BCUT2D eigenvalue weighted by molar-refractivity contribution is 7.99. The van der Waals surface area contributed by atoms with Crippen LogP contribution in [0.15, 0.2) is 39.2 Å². The molecule has 0 bridgehead atoms. The lowest BCUT2D eigenvalue weighted by atomic mass is 10.2. The van der Waals surface area contributed by atoms with Gasteiger partial charge in [0.2, 0.25) is 0 Å². The number of rotatable bonds is 5. The molecule has 2 rings (SSSR count). The van der Waals surface area contributed by atoms with Crippen LogP contribution in [-0.2, 0) is 6.42 Å². The van der Waals surface area contributed by atoms with Crippen molar-refractivity contribution in [3.05, 3.63) is 46.1 Å². The van der Waals surface area contributed by atoms with Gasteiger partial charge in [0.05, 0.1) is 0 Å². The summed E-state index contributed by atoms with van der Waals surface area (Å²) >= 11 is 1.32. The van der Waals surface area contributed by atoms with Crippen molar-refractivity contribution in [2.45, 2.75) is 36.7 Å². The number of Topliss-reactive ketones (excluding diaryl/α,β-unsaturated/α-hetero) is 1. The minimum Gasteiger partial charge on any atom is -0.301 e. The van der Waals surface area contributed by atoms with E-state index in [0.717, 1.165) is 23.4 Å². The highest BCUT2D eigenvalue weighted by atomic mass is 32.2. The molecule has 1 N–H and O–H groups in total. The van der Waals surface area contributed by atoms with Gasteiger partial charge in [0.1, 0.15) is 5.69 Å². The molecule has 0 aliphatic heterocycles. The molecule has 0 aliphatic carbocycles. The first kappa shape index (κ1) is 14.5. The first-order chi connectivity index (χ1) is 9.58. The standard InChI is InChI=1S/C14H15N3O2S/c1-3-4-10-7-13(19)17-14(16-10)20-11-5-6-12(9(2)18)15-8-11/h5-8H,3-4H2,1-2H3,(H,16,17,19). The summed E-state index contributed by atoms with van der Waals surface area (Å²) in [4.78, 5) is 34.7. The summed E-state index contributed by atoms with van der Waals surface area (Å²) in [6, 6.07) is 4.98. The number of H-pyrrole nitrogens is 1. The molecule has 6 heteroatoms. The van der Waals surface area contributed by atoms with Crippen LogP contribution in [0, 0.1) is 0 Å². The number of nitrogens with one attached hydrogen (secondary N) is 1. The summed E-state index contributed by atoms with van der Waals surface area (Å²) in [7, 11) is 0. The summed E-state index contributed by atoms with van der Waals surface area (Å²) in [6.07, 6.45) is 3.32. The Labute approximate surface area is 120 Å². The number of aryl methyl sites for hydroxylation is 1. The van der Waals surface area contributed by atoms with Crippen molar-refractivity contribution in [3.8, 4) is 0 Å². The zero-order chi connectivity index (χ0) is 14.5. The van der Waals surface area contributed by atoms with Crippen molar-refractivity contribution in [2.75, 3.05) is 0 Å². The summed E-state index contributed by atoms with van der Waals surface area (Å²) in [6.45, 7) is 3.52. The molecule has 0 saturated carbocycles. The molecule has 0 atom stereocenters. The molecule has 104 valence electrons. The Kier molecular flexibility index (Phi) is 4.68. The topological polar surface area (TPSA) is 75.7 Å². The Hall–Kier alpha value is -1.95. The Morgan fingerprint density at radius 3 is 2.80 bits per heavy atom. The molecule has 0 unspecified atom stereocenters. The zero-order valence-electron chi connectivity index (χ0n) is 11.3. The van der Waals surface area contributed by atoms with Gasteiger partial charge < -0.3 is 4.98 Å². The van der Waals surface area contributed by atoms with Crippen molar-refractivity contribution in [2.24, 2.45) is 0 Å². The van der Waals surface area contributed by atoms with E-state index in [0.29, 0.717) is 10.9 Å². The number of pyridine rings is 1. The van der Waals surface area contributed by atoms with E-state index in [1.165, 1.54) is 24.8 Å². The molecular formula is C14H15N3O2S. The van der Waals surface area contributed by atoms with Gasteiger partial charge in [-0.05, 0) is 18.6 Å². The van der Waals surface area contributed by atoms with Crippen molar-refractivity contribution in [3.63, 3.8) is 0 Å². The maximum Gasteiger partial charge on any atom is 0.251 e. The first-order valence-corrected chi connectivity index (χ1v) is 7.15. The second-order valence-corrected chi connectivity index (χ2v) is 5.39. The molecule has 0 saturated heterocycles. The average molecular weight is 289 g/mol. The Bertz CT molecular complexity index is 665. The quantitative estimate of drug-likeness (QED) is 0.676. The van der Waals surface area contributed by atoms with Crippen LogP contribution in [-0.4, -0.2) is 20.7 Å². The average Bonchev–Trinajstić information content (AvgIpc) is 2.39. The van der Waals surface area contributed by atoms with Crippen LogP contribution in [0.3, 0.4) is 0 Å². The Morgan fingerprint density at radius 2 is 2.20 bits per heavy atom. The second-order valence-electron chi connectivity index (χ2n) is 4.33. The van der Waals surface area contributed by atoms with Gasteiger partial charge in [-0.1, -0.05) is 25.1 Å². The van der Waals surface area contributed by atoms with E-state index in [-0.39, 0.29) is 11.3 Å². The van der Waals surface area contributed by atoms with Crippen LogP contribution in [0.5, 0.6) is 0 Å². The minimum absolute atomic E-state index is 0.0713. The number of hydrogen-bond donors (Lipinski definition) is 1. The smallest absolute Gasteiger partial charge is 0.251 e. The fraction of sp³-hybridized carbons (Fsp3) is 0.286. The van der Waals surface area contributed by atoms with E-state index in [2.05, 4.69) is 15.0 Å².